The van der Waals surface area contributed by atoms with E-state index in [4.69, 9.17) is 4.42 Å². The van der Waals surface area contributed by atoms with E-state index in [1.807, 2.05) is 12.1 Å². The van der Waals surface area contributed by atoms with Gasteiger partial charge in [-0.2, -0.15) is 0 Å². The number of benzene rings is 10. The maximum atomic E-state index is 6.23. The first-order valence-electron chi connectivity index (χ1n) is 21.5. The molecule has 12 rings (SSSR count). The third kappa shape index (κ3) is 6.46. The Balaban J connectivity index is 0.890. The summed E-state index contributed by atoms with van der Waals surface area (Å²) in [5.74, 6) is 0. The molecule has 0 aliphatic carbocycles. The fourth-order valence-electron chi connectivity index (χ4n) is 9.39. The Morgan fingerprint density at radius 3 is 1.46 bits per heavy atom. The molecule has 10 aromatic carbocycles. The van der Waals surface area contributed by atoms with E-state index in [2.05, 4.69) is 240 Å². The maximum absolute atomic E-state index is 6.23. The van der Waals surface area contributed by atoms with Gasteiger partial charge in [0.15, 0.2) is 0 Å². The zero-order valence-electron chi connectivity index (χ0n) is 34.4. The summed E-state index contributed by atoms with van der Waals surface area (Å²) in [6.45, 7) is 0. The Bertz CT molecular complexity index is 3550. The highest BCUT2D eigenvalue weighted by Crippen LogP contribution is 2.41. The Labute approximate surface area is 366 Å². The molecule has 63 heavy (non-hydrogen) atoms. The van der Waals surface area contributed by atoms with E-state index >= 15 is 0 Å². The third-order valence-electron chi connectivity index (χ3n) is 12.4. The number of aromatic nitrogens is 1. The average Bonchev–Trinajstić information content (AvgIpc) is 3.91. The number of fused-ring (bicyclic) bond motifs is 6. The second-order valence-corrected chi connectivity index (χ2v) is 16.1. The van der Waals surface area contributed by atoms with Crippen LogP contribution in [-0.4, -0.2) is 4.57 Å². The molecule has 0 saturated carbocycles. The molecule has 3 nitrogen and oxygen atoms in total. The quantitative estimate of drug-likeness (QED) is 0.153. The minimum absolute atomic E-state index is 0.904. The Hall–Kier alpha value is -8.40. The second kappa shape index (κ2) is 15.3. The van der Waals surface area contributed by atoms with Crippen molar-refractivity contribution in [3.05, 3.63) is 243 Å². The fraction of sp³-hybridized carbons (Fsp3) is 0. The highest BCUT2D eigenvalue weighted by Gasteiger charge is 2.17. The predicted molar refractivity (Wildman–Crippen MR) is 264 cm³/mol. The van der Waals surface area contributed by atoms with Gasteiger partial charge >= 0.3 is 0 Å². The molecule has 0 radical (unpaired) electrons. The van der Waals surface area contributed by atoms with Crippen molar-refractivity contribution in [3.8, 4) is 50.2 Å². The molecule has 0 atom stereocenters. The minimum atomic E-state index is 0.904. The van der Waals surface area contributed by atoms with Crippen molar-refractivity contribution < 1.29 is 4.42 Å². The van der Waals surface area contributed by atoms with Gasteiger partial charge in [-0.05, 0) is 123 Å². The molecule has 0 amide bonds. The number of rotatable bonds is 8. The largest absolute Gasteiger partial charge is 0.456 e. The van der Waals surface area contributed by atoms with Crippen LogP contribution in [0.5, 0.6) is 0 Å². The van der Waals surface area contributed by atoms with E-state index in [-0.39, 0.29) is 0 Å². The summed E-state index contributed by atoms with van der Waals surface area (Å²) >= 11 is 0. The van der Waals surface area contributed by atoms with E-state index in [0.717, 1.165) is 61.4 Å². The molecule has 3 heteroatoms. The van der Waals surface area contributed by atoms with Crippen LogP contribution in [0.1, 0.15) is 0 Å². The topological polar surface area (TPSA) is 21.3 Å². The monoisotopic (exact) mass is 804 g/mol. The first-order valence-corrected chi connectivity index (χ1v) is 21.5. The number of furan rings is 1. The summed E-state index contributed by atoms with van der Waals surface area (Å²) in [7, 11) is 0. The lowest BCUT2D eigenvalue weighted by atomic mass is 9.96. The Kier molecular flexibility index (Phi) is 8.83. The molecule has 12 aromatic rings. The lowest BCUT2D eigenvalue weighted by molar-refractivity contribution is 0.669. The summed E-state index contributed by atoms with van der Waals surface area (Å²) in [4.78, 5) is 2.35. The van der Waals surface area contributed by atoms with Crippen molar-refractivity contribution in [1.82, 2.24) is 4.57 Å². The van der Waals surface area contributed by atoms with Crippen LogP contribution < -0.4 is 4.90 Å². The average molecular weight is 805 g/mol. The molecule has 0 spiro atoms. The second-order valence-electron chi connectivity index (χ2n) is 16.1. The SMILES string of the molecule is c1ccc(-c2cccc(N(c3ccc(-c4ccc(-n5c6ccccc6c6ccccc65)cc4)cc3)c3ccc(-c4cccc(-c5cccc6oc7ccccc7c56)c4)cc3)c2)cc1. The van der Waals surface area contributed by atoms with Crippen LogP contribution in [-0.2, 0) is 0 Å². The van der Waals surface area contributed by atoms with Crippen molar-refractivity contribution >= 4 is 60.8 Å². The van der Waals surface area contributed by atoms with E-state index in [9.17, 15) is 0 Å². The van der Waals surface area contributed by atoms with E-state index in [0.29, 0.717) is 0 Å². The number of anilines is 3. The standard InChI is InChI=1S/C60H40N2O/c1-2-13-41(14-3-1)46-16-11-18-51(40-46)61(48-33-27-42(28-34-48)43-29-37-50(38-30-43)62-56-23-7-4-19-53(56)54-20-5-8-24-57(54)62)49-35-31-44(32-36-49)45-15-10-17-47(39-45)52-22-12-26-59-60(52)55-21-6-9-25-58(55)63-59/h1-40H. The van der Waals surface area contributed by atoms with Crippen molar-refractivity contribution in [2.24, 2.45) is 0 Å². The molecule has 0 aliphatic heterocycles. The molecule has 0 unspecified atom stereocenters. The highest BCUT2D eigenvalue weighted by molar-refractivity contribution is 6.12. The van der Waals surface area contributed by atoms with Crippen molar-refractivity contribution in [2.75, 3.05) is 4.90 Å². The number of para-hydroxylation sites is 3. The molecule has 0 saturated heterocycles. The Morgan fingerprint density at radius 1 is 0.302 bits per heavy atom. The van der Waals surface area contributed by atoms with Gasteiger partial charge in [-0.15, -0.1) is 0 Å². The summed E-state index contributed by atoms with van der Waals surface area (Å²) in [5.41, 5.74) is 18.0. The molecular weight excluding hydrogens is 765 g/mol. The molecule has 2 aromatic heterocycles. The van der Waals surface area contributed by atoms with Crippen LogP contribution in [0, 0.1) is 0 Å². The normalized spacial score (nSPS) is 11.5. The van der Waals surface area contributed by atoms with Crippen LogP contribution in [0.4, 0.5) is 17.1 Å². The van der Waals surface area contributed by atoms with E-state index < -0.39 is 0 Å². The van der Waals surface area contributed by atoms with Gasteiger partial charge in [-0.1, -0.05) is 164 Å². The van der Waals surface area contributed by atoms with Gasteiger partial charge in [0.2, 0.25) is 0 Å². The van der Waals surface area contributed by atoms with Crippen LogP contribution in [0.25, 0.3) is 93.9 Å². The lowest BCUT2D eigenvalue weighted by Crippen LogP contribution is -2.10. The molecule has 0 fully saturated rings. The van der Waals surface area contributed by atoms with E-state index in [1.165, 1.54) is 49.6 Å². The molecule has 296 valence electrons. The lowest BCUT2D eigenvalue weighted by Gasteiger charge is -2.26. The summed E-state index contributed by atoms with van der Waals surface area (Å²) in [6, 6.07) is 87.1. The number of hydrogen-bond donors (Lipinski definition) is 0. The van der Waals surface area contributed by atoms with E-state index in [1.54, 1.807) is 0 Å². The van der Waals surface area contributed by atoms with Gasteiger partial charge in [-0.3, -0.25) is 0 Å². The first kappa shape index (κ1) is 36.5. The molecule has 0 aliphatic rings. The number of hydrogen-bond acceptors (Lipinski definition) is 2. The third-order valence-corrected chi connectivity index (χ3v) is 12.4. The fourth-order valence-corrected chi connectivity index (χ4v) is 9.39. The first-order chi connectivity index (χ1) is 31.2. The van der Waals surface area contributed by atoms with Gasteiger partial charge in [0.1, 0.15) is 11.2 Å². The van der Waals surface area contributed by atoms with Crippen LogP contribution in [0.15, 0.2) is 247 Å². The molecule has 2 heterocycles. The minimum Gasteiger partial charge on any atom is -0.456 e. The van der Waals surface area contributed by atoms with Gasteiger partial charge in [0.05, 0.1) is 11.0 Å². The molecular formula is C60H40N2O. The summed E-state index contributed by atoms with van der Waals surface area (Å²) < 4.78 is 8.60. The zero-order valence-corrected chi connectivity index (χ0v) is 34.4. The Morgan fingerprint density at radius 2 is 0.778 bits per heavy atom. The smallest absolute Gasteiger partial charge is 0.136 e. The van der Waals surface area contributed by atoms with Crippen molar-refractivity contribution in [2.45, 2.75) is 0 Å². The maximum Gasteiger partial charge on any atom is 0.136 e. The predicted octanol–water partition coefficient (Wildman–Crippen LogP) is 16.8. The van der Waals surface area contributed by atoms with Gasteiger partial charge < -0.3 is 13.9 Å². The van der Waals surface area contributed by atoms with Gasteiger partial charge in [-0.25, -0.2) is 0 Å². The van der Waals surface area contributed by atoms with Crippen molar-refractivity contribution in [1.29, 1.82) is 0 Å². The van der Waals surface area contributed by atoms with Crippen LogP contribution in [0.2, 0.25) is 0 Å². The molecule has 0 N–H and O–H groups in total. The summed E-state index contributed by atoms with van der Waals surface area (Å²) in [5, 5.41) is 4.82. The zero-order chi connectivity index (χ0) is 41.7. The van der Waals surface area contributed by atoms with Gasteiger partial charge in [0.25, 0.3) is 0 Å². The van der Waals surface area contributed by atoms with Crippen LogP contribution in [0.3, 0.4) is 0 Å². The number of nitrogens with zero attached hydrogens (tertiary/aromatic N) is 2. The molecule has 0 bridgehead atoms. The van der Waals surface area contributed by atoms with Crippen molar-refractivity contribution in [3.63, 3.8) is 0 Å². The summed E-state index contributed by atoms with van der Waals surface area (Å²) in [6.07, 6.45) is 0. The highest BCUT2D eigenvalue weighted by atomic mass is 16.3. The van der Waals surface area contributed by atoms with Crippen LogP contribution >= 0.6 is 0 Å². The van der Waals surface area contributed by atoms with Gasteiger partial charge in [0, 0.05) is 44.3 Å².